The average Bonchev–Trinajstić information content (AvgIpc) is 2.83. The number of anilines is 2. The maximum atomic E-state index is 12.7. The lowest BCUT2D eigenvalue weighted by Crippen LogP contribution is -2.16. The molecular formula is C22H19N5O5S. The third kappa shape index (κ3) is 4.99. The summed E-state index contributed by atoms with van der Waals surface area (Å²) in [6.07, 6.45) is 0. The number of amides is 1. The van der Waals surface area contributed by atoms with Crippen molar-refractivity contribution < 1.29 is 22.7 Å². The van der Waals surface area contributed by atoms with Crippen molar-refractivity contribution in [2.75, 3.05) is 24.3 Å². The smallest absolute Gasteiger partial charge is 0.274 e. The van der Waals surface area contributed by atoms with Crippen molar-refractivity contribution in [1.82, 2.24) is 15.0 Å². The number of hydrogen-bond donors (Lipinski definition) is 2. The van der Waals surface area contributed by atoms with Gasteiger partial charge in [0.2, 0.25) is 17.7 Å². The van der Waals surface area contributed by atoms with Gasteiger partial charge in [0.25, 0.3) is 15.9 Å². The number of sulfonamides is 1. The van der Waals surface area contributed by atoms with Crippen LogP contribution in [-0.4, -0.2) is 43.5 Å². The van der Waals surface area contributed by atoms with Gasteiger partial charge in [0.15, 0.2) is 0 Å². The normalized spacial score (nSPS) is 11.1. The second-order valence-corrected chi connectivity index (χ2v) is 8.43. The van der Waals surface area contributed by atoms with E-state index in [9.17, 15) is 13.2 Å². The topological polar surface area (TPSA) is 132 Å². The number of aromatic nitrogens is 3. The van der Waals surface area contributed by atoms with Crippen LogP contribution >= 0.6 is 0 Å². The van der Waals surface area contributed by atoms with E-state index < -0.39 is 15.9 Å². The molecule has 4 aromatic rings. The van der Waals surface area contributed by atoms with Gasteiger partial charge in [-0.25, -0.2) is 18.1 Å². The van der Waals surface area contributed by atoms with Gasteiger partial charge in [0.05, 0.1) is 30.7 Å². The third-order valence-electron chi connectivity index (χ3n) is 4.58. The van der Waals surface area contributed by atoms with Crippen LogP contribution in [0.15, 0.2) is 71.6 Å². The molecule has 0 aliphatic carbocycles. The summed E-state index contributed by atoms with van der Waals surface area (Å²) < 4.78 is 37.7. The zero-order valence-electron chi connectivity index (χ0n) is 17.6. The molecule has 0 saturated heterocycles. The largest absolute Gasteiger partial charge is 0.481 e. The van der Waals surface area contributed by atoms with E-state index in [1.165, 1.54) is 44.6 Å². The molecule has 2 aromatic carbocycles. The van der Waals surface area contributed by atoms with Crippen LogP contribution < -0.4 is 19.5 Å². The van der Waals surface area contributed by atoms with Crippen molar-refractivity contribution in [2.45, 2.75) is 4.90 Å². The Morgan fingerprint density at radius 3 is 2.18 bits per heavy atom. The molecule has 0 aliphatic rings. The molecule has 4 rings (SSSR count). The minimum absolute atomic E-state index is 0.0466. The molecule has 10 nitrogen and oxygen atoms in total. The maximum absolute atomic E-state index is 12.7. The fraction of sp³-hybridized carbons (Fsp3) is 0.0909. The van der Waals surface area contributed by atoms with Crippen molar-refractivity contribution in [3.05, 3.63) is 72.4 Å². The van der Waals surface area contributed by atoms with Crippen LogP contribution in [0.3, 0.4) is 0 Å². The average molecular weight is 465 g/mol. The standard InChI is InChI=1S/C22H19N5O5S/c1-31-19-13-20(32-2)26-22(25-19)27-33(29,30)16-10-8-15(9-11-16)23-21(28)18-12-7-14-5-3-4-6-17(14)24-18/h3-13H,1-2H3,(H,23,28)(H,25,26,27). The van der Waals surface area contributed by atoms with Crippen molar-refractivity contribution in [1.29, 1.82) is 0 Å². The predicted octanol–water partition coefficient (Wildman–Crippen LogP) is 3.10. The highest BCUT2D eigenvalue weighted by Gasteiger charge is 2.18. The number of pyridine rings is 1. The van der Waals surface area contributed by atoms with Crippen LogP contribution in [0.2, 0.25) is 0 Å². The Morgan fingerprint density at radius 1 is 0.848 bits per heavy atom. The van der Waals surface area contributed by atoms with Crippen LogP contribution in [0, 0.1) is 0 Å². The molecule has 0 aliphatic heterocycles. The van der Waals surface area contributed by atoms with Crippen LogP contribution in [0.25, 0.3) is 10.9 Å². The second kappa shape index (κ2) is 9.09. The maximum Gasteiger partial charge on any atom is 0.274 e. The van der Waals surface area contributed by atoms with E-state index in [2.05, 4.69) is 25.0 Å². The van der Waals surface area contributed by atoms with E-state index in [1.807, 2.05) is 30.3 Å². The monoisotopic (exact) mass is 465 g/mol. The number of rotatable bonds is 7. The first-order chi connectivity index (χ1) is 15.9. The van der Waals surface area contributed by atoms with Crippen molar-refractivity contribution in [2.24, 2.45) is 0 Å². The Kier molecular flexibility index (Phi) is 6.05. The summed E-state index contributed by atoms with van der Waals surface area (Å²) in [5.41, 5.74) is 1.36. The number of fused-ring (bicyclic) bond motifs is 1. The quantitative estimate of drug-likeness (QED) is 0.425. The first-order valence-electron chi connectivity index (χ1n) is 9.65. The molecule has 168 valence electrons. The van der Waals surface area contributed by atoms with Gasteiger partial charge < -0.3 is 14.8 Å². The van der Waals surface area contributed by atoms with Gasteiger partial charge in [-0.1, -0.05) is 24.3 Å². The van der Waals surface area contributed by atoms with Gasteiger partial charge >= 0.3 is 0 Å². The first-order valence-corrected chi connectivity index (χ1v) is 11.1. The van der Waals surface area contributed by atoms with Crippen molar-refractivity contribution in [3.8, 4) is 11.8 Å². The number of nitrogens with zero attached hydrogens (tertiary/aromatic N) is 3. The van der Waals surface area contributed by atoms with E-state index >= 15 is 0 Å². The van der Waals surface area contributed by atoms with Crippen LogP contribution in [0.4, 0.5) is 11.6 Å². The Morgan fingerprint density at radius 2 is 1.52 bits per heavy atom. The lowest BCUT2D eigenvalue weighted by Gasteiger charge is -2.10. The zero-order valence-corrected chi connectivity index (χ0v) is 18.5. The molecule has 2 heterocycles. The summed E-state index contributed by atoms with van der Waals surface area (Å²) in [6.45, 7) is 0. The molecule has 0 saturated carbocycles. The van der Waals surface area contributed by atoms with Crippen molar-refractivity contribution >= 4 is 38.5 Å². The molecule has 0 radical (unpaired) electrons. The molecule has 1 amide bonds. The minimum Gasteiger partial charge on any atom is -0.481 e. The zero-order chi connectivity index (χ0) is 23.4. The van der Waals surface area contributed by atoms with Gasteiger partial charge in [0, 0.05) is 11.1 Å². The summed E-state index contributed by atoms with van der Waals surface area (Å²) in [7, 11) is -1.22. The molecule has 2 N–H and O–H groups in total. The van der Waals surface area contributed by atoms with Gasteiger partial charge in [-0.05, 0) is 36.4 Å². The SMILES string of the molecule is COc1cc(OC)nc(NS(=O)(=O)c2ccc(NC(=O)c3ccc4ccccc4n3)cc2)n1. The number of carbonyl (C=O) groups excluding carboxylic acids is 1. The molecule has 0 bridgehead atoms. The molecule has 0 unspecified atom stereocenters. The molecule has 33 heavy (non-hydrogen) atoms. The lowest BCUT2D eigenvalue weighted by atomic mass is 10.2. The number of para-hydroxylation sites is 1. The number of benzene rings is 2. The Labute approximate surface area is 189 Å². The highest BCUT2D eigenvalue weighted by molar-refractivity contribution is 7.92. The summed E-state index contributed by atoms with van der Waals surface area (Å²) in [6, 6.07) is 18.0. The Balaban J connectivity index is 1.49. The lowest BCUT2D eigenvalue weighted by molar-refractivity contribution is 0.102. The van der Waals surface area contributed by atoms with Gasteiger partial charge in [-0.15, -0.1) is 0 Å². The van der Waals surface area contributed by atoms with E-state index in [1.54, 1.807) is 6.07 Å². The Bertz CT molecular complexity index is 1400. The van der Waals surface area contributed by atoms with Gasteiger partial charge in [-0.2, -0.15) is 9.97 Å². The fourth-order valence-corrected chi connectivity index (χ4v) is 3.89. The number of nitrogens with one attached hydrogen (secondary N) is 2. The highest BCUT2D eigenvalue weighted by Crippen LogP contribution is 2.21. The minimum atomic E-state index is -4.00. The molecular weight excluding hydrogens is 446 g/mol. The predicted molar refractivity (Wildman–Crippen MR) is 122 cm³/mol. The molecule has 11 heteroatoms. The van der Waals surface area contributed by atoms with Gasteiger partial charge in [0.1, 0.15) is 5.69 Å². The van der Waals surface area contributed by atoms with E-state index in [4.69, 9.17) is 9.47 Å². The van der Waals surface area contributed by atoms with E-state index in [0.29, 0.717) is 11.2 Å². The number of hydrogen-bond acceptors (Lipinski definition) is 8. The van der Waals surface area contributed by atoms with Gasteiger partial charge in [-0.3, -0.25) is 4.79 Å². The molecule has 0 atom stereocenters. The van der Waals surface area contributed by atoms with E-state index in [0.717, 1.165) is 5.39 Å². The summed E-state index contributed by atoms with van der Waals surface area (Å²) in [5, 5.41) is 3.63. The molecule has 0 spiro atoms. The summed E-state index contributed by atoms with van der Waals surface area (Å²) >= 11 is 0. The highest BCUT2D eigenvalue weighted by atomic mass is 32.2. The number of methoxy groups -OCH3 is 2. The fourth-order valence-electron chi connectivity index (χ4n) is 2.94. The number of ether oxygens (including phenoxy) is 2. The van der Waals surface area contributed by atoms with E-state index in [-0.39, 0.29) is 28.3 Å². The third-order valence-corrected chi connectivity index (χ3v) is 5.92. The van der Waals surface area contributed by atoms with Crippen LogP contribution in [0.5, 0.6) is 11.8 Å². The second-order valence-electron chi connectivity index (χ2n) is 6.75. The van der Waals surface area contributed by atoms with Crippen LogP contribution in [-0.2, 0) is 10.0 Å². The summed E-state index contributed by atoms with van der Waals surface area (Å²) in [4.78, 5) is 24.8. The summed E-state index contributed by atoms with van der Waals surface area (Å²) in [5.74, 6) is -0.336. The van der Waals surface area contributed by atoms with Crippen LogP contribution in [0.1, 0.15) is 10.5 Å². The van der Waals surface area contributed by atoms with Crippen molar-refractivity contribution in [3.63, 3.8) is 0 Å². The molecule has 2 aromatic heterocycles. The Hall–Kier alpha value is -4.25. The number of carbonyl (C=O) groups is 1. The first kappa shape index (κ1) is 22.0. The molecule has 0 fully saturated rings.